The molecule has 0 saturated carbocycles. The monoisotopic (exact) mass is 314 g/mol. The Hall–Kier alpha value is -1.89. The van der Waals surface area contributed by atoms with Gasteiger partial charge in [-0.3, -0.25) is 4.79 Å². The lowest BCUT2D eigenvalue weighted by Gasteiger charge is -2.10. The molecule has 1 amide bonds. The molecule has 5 nitrogen and oxygen atoms in total. The fourth-order valence-corrected chi connectivity index (χ4v) is 1.86. The maximum atomic E-state index is 13.9. The quantitative estimate of drug-likeness (QED) is 0.601. The average Bonchev–Trinajstić information content (AvgIpc) is 2.44. The Morgan fingerprint density at radius 1 is 1.30 bits per heavy atom. The van der Waals surface area contributed by atoms with Gasteiger partial charge in [0.05, 0.1) is 21.3 Å². The molecule has 0 aliphatic carbocycles. The van der Waals surface area contributed by atoms with Crippen molar-refractivity contribution in [1.29, 1.82) is 0 Å². The van der Waals surface area contributed by atoms with E-state index < -0.39 is 11.7 Å². The van der Waals surface area contributed by atoms with Crippen molar-refractivity contribution in [3.05, 3.63) is 51.9 Å². The van der Waals surface area contributed by atoms with Crippen LogP contribution in [-0.4, -0.2) is 10.9 Å². The fourth-order valence-electron chi connectivity index (χ4n) is 1.51. The van der Waals surface area contributed by atoms with Crippen LogP contribution in [0.2, 0.25) is 10.0 Å². The van der Waals surface area contributed by atoms with Crippen LogP contribution in [0.25, 0.3) is 0 Å². The lowest BCUT2D eigenvalue weighted by molar-refractivity contribution is 0.102. The van der Waals surface area contributed by atoms with Crippen molar-refractivity contribution in [3.8, 4) is 0 Å². The molecule has 2 aromatic rings. The Balaban J connectivity index is 2.31. The first-order valence-electron chi connectivity index (χ1n) is 5.41. The molecule has 0 saturated heterocycles. The molecule has 0 fully saturated rings. The van der Waals surface area contributed by atoms with Gasteiger partial charge in [-0.1, -0.05) is 29.3 Å². The van der Waals surface area contributed by atoms with Gasteiger partial charge in [0.2, 0.25) is 0 Å². The minimum absolute atomic E-state index is 0.175. The molecule has 2 rings (SSSR count). The number of hydrogen-bond acceptors (Lipinski definition) is 4. The average molecular weight is 315 g/mol. The molecule has 0 radical (unpaired) electrons. The number of nitrogens with zero attached hydrogens (tertiary/aromatic N) is 1. The van der Waals surface area contributed by atoms with E-state index in [-0.39, 0.29) is 27.1 Å². The van der Waals surface area contributed by atoms with Gasteiger partial charge in [0.1, 0.15) is 0 Å². The highest BCUT2D eigenvalue weighted by Gasteiger charge is 2.17. The smallest absolute Gasteiger partial charge is 0.258 e. The van der Waals surface area contributed by atoms with Gasteiger partial charge < -0.3 is 10.7 Å². The number of halogens is 3. The Morgan fingerprint density at radius 2 is 2.05 bits per heavy atom. The number of nitrogens with two attached hydrogens (primary N) is 1. The highest BCUT2D eigenvalue weighted by molar-refractivity contribution is 6.44. The van der Waals surface area contributed by atoms with Crippen molar-refractivity contribution in [3.63, 3.8) is 0 Å². The summed E-state index contributed by atoms with van der Waals surface area (Å²) >= 11 is 11.8. The van der Waals surface area contributed by atoms with Gasteiger partial charge in [0, 0.05) is 6.20 Å². The zero-order chi connectivity index (χ0) is 14.7. The number of aromatic nitrogens is 1. The van der Waals surface area contributed by atoms with Crippen molar-refractivity contribution in [2.24, 2.45) is 5.84 Å². The summed E-state index contributed by atoms with van der Waals surface area (Å²) in [6.45, 7) is 0. The Morgan fingerprint density at radius 3 is 2.75 bits per heavy atom. The minimum Gasteiger partial charge on any atom is -0.320 e. The van der Waals surface area contributed by atoms with E-state index in [0.29, 0.717) is 0 Å². The third-order valence-corrected chi connectivity index (χ3v) is 3.29. The molecule has 0 aliphatic rings. The molecular weight excluding hydrogens is 306 g/mol. The van der Waals surface area contributed by atoms with Gasteiger partial charge in [-0.05, 0) is 18.2 Å². The molecule has 0 spiro atoms. The zero-order valence-electron chi connectivity index (χ0n) is 9.95. The predicted molar refractivity (Wildman–Crippen MR) is 76.4 cm³/mol. The Kier molecular flexibility index (Phi) is 4.39. The fraction of sp³-hybridized carbons (Fsp3) is 0. The van der Waals surface area contributed by atoms with E-state index in [4.69, 9.17) is 29.0 Å². The lowest BCUT2D eigenvalue weighted by atomic mass is 10.2. The van der Waals surface area contributed by atoms with Crippen LogP contribution < -0.4 is 16.6 Å². The van der Waals surface area contributed by atoms with Crippen molar-refractivity contribution >= 4 is 40.6 Å². The number of nitrogen functional groups attached to an aromatic ring is 1. The maximum absolute atomic E-state index is 13.9. The second-order valence-electron chi connectivity index (χ2n) is 3.72. The maximum Gasteiger partial charge on any atom is 0.258 e. The van der Waals surface area contributed by atoms with Gasteiger partial charge in [-0.2, -0.15) is 0 Å². The molecule has 1 aromatic heterocycles. The summed E-state index contributed by atoms with van der Waals surface area (Å²) in [5.74, 6) is 3.32. The normalized spacial score (nSPS) is 10.2. The second kappa shape index (κ2) is 6.04. The molecule has 4 N–H and O–H groups in total. The third-order valence-electron chi connectivity index (χ3n) is 2.47. The number of carbonyl (C=O) groups is 1. The molecule has 0 atom stereocenters. The van der Waals surface area contributed by atoms with Crippen molar-refractivity contribution in [1.82, 2.24) is 4.98 Å². The van der Waals surface area contributed by atoms with Crippen molar-refractivity contribution < 1.29 is 9.18 Å². The minimum atomic E-state index is -0.856. The number of rotatable bonds is 3. The van der Waals surface area contributed by atoms with Crippen LogP contribution >= 0.6 is 23.2 Å². The van der Waals surface area contributed by atoms with E-state index in [2.05, 4.69) is 15.7 Å². The van der Waals surface area contributed by atoms with Crippen LogP contribution in [0, 0.1) is 5.82 Å². The summed E-state index contributed by atoms with van der Waals surface area (Å²) in [4.78, 5) is 15.7. The molecular formula is C12H9Cl2FN4O. The van der Waals surface area contributed by atoms with E-state index in [1.54, 1.807) is 18.2 Å². The summed E-state index contributed by atoms with van der Waals surface area (Å²) in [7, 11) is 0. The van der Waals surface area contributed by atoms with E-state index in [9.17, 15) is 9.18 Å². The molecule has 1 heterocycles. The molecule has 0 unspecified atom stereocenters. The number of benzene rings is 1. The van der Waals surface area contributed by atoms with Gasteiger partial charge in [0.15, 0.2) is 11.6 Å². The van der Waals surface area contributed by atoms with Crippen LogP contribution in [0.3, 0.4) is 0 Å². The van der Waals surface area contributed by atoms with Crippen LogP contribution in [0.5, 0.6) is 0 Å². The SMILES string of the molecule is NNc1nccc(C(=O)Nc2cccc(Cl)c2Cl)c1F. The molecule has 1 aromatic carbocycles. The second-order valence-corrected chi connectivity index (χ2v) is 4.51. The van der Waals surface area contributed by atoms with E-state index in [0.717, 1.165) is 0 Å². The zero-order valence-corrected chi connectivity index (χ0v) is 11.5. The topological polar surface area (TPSA) is 80.0 Å². The van der Waals surface area contributed by atoms with Gasteiger partial charge in [-0.15, -0.1) is 0 Å². The molecule has 20 heavy (non-hydrogen) atoms. The van der Waals surface area contributed by atoms with E-state index >= 15 is 0 Å². The molecule has 8 heteroatoms. The number of carbonyl (C=O) groups excluding carboxylic acids is 1. The lowest BCUT2D eigenvalue weighted by Crippen LogP contribution is -2.17. The van der Waals surface area contributed by atoms with E-state index in [1.165, 1.54) is 12.3 Å². The number of hydrogen-bond donors (Lipinski definition) is 3. The standard InChI is InChI=1S/C12H9Cl2FN4O/c13-7-2-1-3-8(9(7)14)18-12(20)6-4-5-17-11(19-16)10(6)15/h1-5H,16H2,(H,17,19)(H,18,20). The third kappa shape index (κ3) is 2.82. The van der Waals surface area contributed by atoms with Crippen LogP contribution in [0.4, 0.5) is 15.9 Å². The molecule has 0 aliphatic heterocycles. The molecule has 0 bridgehead atoms. The van der Waals surface area contributed by atoms with Crippen LogP contribution in [0.15, 0.2) is 30.5 Å². The van der Waals surface area contributed by atoms with Gasteiger partial charge in [0.25, 0.3) is 5.91 Å². The summed E-state index contributed by atoms with van der Waals surface area (Å²) < 4.78 is 13.9. The summed E-state index contributed by atoms with van der Waals surface area (Å²) in [5.41, 5.74) is 2.12. The number of pyridine rings is 1. The highest BCUT2D eigenvalue weighted by Crippen LogP contribution is 2.30. The summed E-state index contributed by atoms with van der Waals surface area (Å²) in [6, 6.07) is 5.96. The first kappa shape index (κ1) is 14.5. The Labute approximate surface area is 123 Å². The number of nitrogens with one attached hydrogen (secondary N) is 2. The summed E-state index contributed by atoms with van der Waals surface area (Å²) in [6.07, 6.45) is 1.26. The van der Waals surface area contributed by atoms with Crippen LogP contribution in [0.1, 0.15) is 10.4 Å². The van der Waals surface area contributed by atoms with Gasteiger partial charge in [-0.25, -0.2) is 15.2 Å². The van der Waals surface area contributed by atoms with Crippen molar-refractivity contribution in [2.75, 3.05) is 10.7 Å². The van der Waals surface area contributed by atoms with E-state index in [1.807, 2.05) is 0 Å². The highest BCUT2D eigenvalue weighted by atomic mass is 35.5. The number of anilines is 2. The predicted octanol–water partition coefficient (Wildman–Crippen LogP) is 3.07. The first-order valence-corrected chi connectivity index (χ1v) is 6.16. The number of amides is 1. The largest absolute Gasteiger partial charge is 0.320 e. The van der Waals surface area contributed by atoms with Crippen molar-refractivity contribution in [2.45, 2.75) is 0 Å². The Bertz CT molecular complexity index is 666. The van der Waals surface area contributed by atoms with Gasteiger partial charge >= 0.3 is 0 Å². The first-order chi connectivity index (χ1) is 9.54. The van der Waals surface area contributed by atoms with Crippen LogP contribution in [-0.2, 0) is 0 Å². The molecule has 104 valence electrons. The summed E-state index contributed by atoms with van der Waals surface area (Å²) in [5, 5.41) is 2.92. The number of hydrazine groups is 1.